The highest BCUT2D eigenvalue weighted by Crippen LogP contribution is 2.31. The van der Waals surface area contributed by atoms with Crippen LogP contribution in [0.2, 0.25) is 0 Å². The fourth-order valence-corrected chi connectivity index (χ4v) is 2.95. The number of anilines is 1. The van der Waals surface area contributed by atoms with Crippen LogP contribution in [0.15, 0.2) is 68.4 Å². The van der Waals surface area contributed by atoms with Gasteiger partial charge < -0.3 is 14.7 Å². The molecule has 0 fully saturated rings. The van der Waals surface area contributed by atoms with Crippen LogP contribution in [0.3, 0.4) is 0 Å². The van der Waals surface area contributed by atoms with E-state index in [0.717, 1.165) is 0 Å². The summed E-state index contributed by atoms with van der Waals surface area (Å²) in [5.74, 6) is -0.507. The normalized spacial score (nSPS) is 10.9. The molecule has 2 aromatic heterocycles. The lowest BCUT2D eigenvalue weighted by molar-refractivity contribution is 0.102. The Labute approximate surface area is 160 Å². The zero-order valence-electron chi connectivity index (χ0n) is 13.6. The van der Waals surface area contributed by atoms with Gasteiger partial charge in [-0.15, -0.1) is 0 Å². The quantitative estimate of drug-likeness (QED) is 0.508. The number of rotatable bonds is 3. The van der Waals surface area contributed by atoms with Crippen molar-refractivity contribution in [3.05, 3.63) is 80.9 Å². The maximum Gasteiger partial charge on any atom is 0.257 e. The molecule has 0 radical (unpaired) electrons. The highest BCUT2D eigenvalue weighted by atomic mass is 79.9. The van der Waals surface area contributed by atoms with Gasteiger partial charge in [-0.25, -0.2) is 9.37 Å². The minimum absolute atomic E-state index is 0.264. The fourth-order valence-electron chi connectivity index (χ4n) is 2.54. The Kier molecular flexibility index (Phi) is 4.33. The van der Waals surface area contributed by atoms with Crippen molar-refractivity contribution in [3.8, 4) is 11.5 Å². The fraction of sp³-hybridized carbons (Fsp3) is 0. The van der Waals surface area contributed by atoms with Crippen molar-refractivity contribution in [2.24, 2.45) is 0 Å². The molecule has 2 N–H and O–H groups in total. The largest absolute Gasteiger partial charge is 0.436 e. The Morgan fingerprint density at radius 2 is 2.00 bits per heavy atom. The number of amides is 1. The molecular formula is C19H11BrFN3O3. The molecule has 0 aliphatic heterocycles. The molecule has 0 spiro atoms. The maximum atomic E-state index is 13.5. The van der Waals surface area contributed by atoms with Gasteiger partial charge in [0.25, 0.3) is 5.91 Å². The first-order valence-corrected chi connectivity index (χ1v) is 8.65. The van der Waals surface area contributed by atoms with E-state index in [0.29, 0.717) is 32.4 Å². The van der Waals surface area contributed by atoms with Crippen molar-refractivity contribution in [1.29, 1.82) is 0 Å². The summed E-state index contributed by atoms with van der Waals surface area (Å²) < 4.78 is 19.9. The number of nitrogens with one attached hydrogen (secondary N) is 2. The molecule has 0 aliphatic rings. The Balaban J connectivity index is 1.64. The molecule has 1 amide bonds. The van der Waals surface area contributed by atoms with Crippen LogP contribution in [0, 0.1) is 5.82 Å². The smallest absolute Gasteiger partial charge is 0.257 e. The van der Waals surface area contributed by atoms with Gasteiger partial charge in [-0.05, 0) is 58.4 Å². The molecule has 0 saturated carbocycles. The van der Waals surface area contributed by atoms with Crippen molar-refractivity contribution in [1.82, 2.24) is 9.97 Å². The molecule has 27 heavy (non-hydrogen) atoms. The van der Waals surface area contributed by atoms with E-state index in [2.05, 4.69) is 31.2 Å². The number of fused-ring (bicyclic) bond motifs is 1. The Hall–Kier alpha value is -3.26. The lowest BCUT2D eigenvalue weighted by Crippen LogP contribution is -2.14. The molecule has 0 unspecified atom stereocenters. The number of halogens is 2. The van der Waals surface area contributed by atoms with Crippen LogP contribution in [0.4, 0.5) is 10.1 Å². The molecule has 4 rings (SSSR count). The van der Waals surface area contributed by atoms with Gasteiger partial charge in [0.1, 0.15) is 11.3 Å². The number of aromatic nitrogens is 2. The monoisotopic (exact) mass is 427 g/mol. The second kappa shape index (κ2) is 6.81. The van der Waals surface area contributed by atoms with Gasteiger partial charge in [0.2, 0.25) is 11.4 Å². The number of benzene rings is 2. The number of oxazole rings is 1. The Morgan fingerprint density at radius 1 is 1.15 bits per heavy atom. The first-order chi connectivity index (χ1) is 13.0. The van der Waals surface area contributed by atoms with E-state index < -0.39 is 5.82 Å². The number of nitrogens with zero attached hydrogens (tertiary/aromatic N) is 1. The molecule has 0 atom stereocenters. The lowest BCUT2D eigenvalue weighted by Gasteiger charge is -2.04. The van der Waals surface area contributed by atoms with Gasteiger partial charge in [-0.1, -0.05) is 0 Å². The number of carbonyl (C=O) groups excluding carboxylic acids is 1. The second-order valence-electron chi connectivity index (χ2n) is 5.72. The van der Waals surface area contributed by atoms with Crippen molar-refractivity contribution in [2.45, 2.75) is 0 Å². The molecule has 8 heteroatoms. The molecule has 4 aromatic rings. The zero-order valence-corrected chi connectivity index (χ0v) is 15.2. The van der Waals surface area contributed by atoms with E-state index in [1.165, 1.54) is 30.5 Å². The topological polar surface area (TPSA) is 88.0 Å². The summed E-state index contributed by atoms with van der Waals surface area (Å²) in [4.78, 5) is 30.1. The Morgan fingerprint density at radius 3 is 2.78 bits per heavy atom. The summed E-state index contributed by atoms with van der Waals surface area (Å²) in [6, 6.07) is 11.9. The maximum absolute atomic E-state index is 13.5. The third kappa shape index (κ3) is 3.52. The lowest BCUT2D eigenvalue weighted by atomic mass is 10.2. The van der Waals surface area contributed by atoms with E-state index in [9.17, 15) is 14.0 Å². The van der Waals surface area contributed by atoms with E-state index in [1.807, 2.05) is 0 Å². The number of pyridine rings is 1. The van der Waals surface area contributed by atoms with Gasteiger partial charge in [0.15, 0.2) is 5.58 Å². The number of carbonyl (C=O) groups is 1. The minimum Gasteiger partial charge on any atom is -0.436 e. The number of H-pyrrole nitrogens is 1. The summed E-state index contributed by atoms with van der Waals surface area (Å²) in [5.41, 5.74) is 2.05. The van der Waals surface area contributed by atoms with Crippen LogP contribution in [0.1, 0.15) is 10.4 Å². The highest BCUT2D eigenvalue weighted by Gasteiger charge is 2.14. The van der Waals surface area contributed by atoms with Crippen LogP contribution < -0.4 is 10.9 Å². The molecule has 0 aliphatic carbocycles. The van der Waals surface area contributed by atoms with E-state index in [-0.39, 0.29) is 17.4 Å². The van der Waals surface area contributed by atoms with Crippen LogP contribution in [0.25, 0.3) is 22.6 Å². The molecule has 2 aromatic carbocycles. The number of hydrogen-bond donors (Lipinski definition) is 2. The molecule has 0 saturated heterocycles. The highest BCUT2D eigenvalue weighted by molar-refractivity contribution is 9.10. The average molecular weight is 428 g/mol. The van der Waals surface area contributed by atoms with E-state index >= 15 is 0 Å². The first-order valence-electron chi connectivity index (χ1n) is 7.86. The third-order valence-corrected chi connectivity index (χ3v) is 4.54. The molecule has 2 heterocycles. The average Bonchev–Trinajstić information content (AvgIpc) is 3.07. The van der Waals surface area contributed by atoms with Crippen LogP contribution in [0.5, 0.6) is 0 Å². The van der Waals surface area contributed by atoms with Crippen LogP contribution >= 0.6 is 15.9 Å². The zero-order chi connectivity index (χ0) is 19.0. The standard InChI is InChI=1S/C19H11BrFN3O3/c20-14-4-2-11(21)7-13(14)19-24-15-8-12(3-5-16(15)27-19)23-18(26)10-1-6-17(25)22-9-10/h1-9H,(H,22,25)(H,23,26). The molecule has 6 nitrogen and oxygen atoms in total. The van der Waals surface area contributed by atoms with Gasteiger partial charge in [0, 0.05) is 22.4 Å². The number of hydrogen-bond acceptors (Lipinski definition) is 4. The van der Waals surface area contributed by atoms with Crippen LogP contribution in [-0.4, -0.2) is 15.9 Å². The minimum atomic E-state index is -0.399. The van der Waals surface area contributed by atoms with Crippen molar-refractivity contribution in [3.63, 3.8) is 0 Å². The predicted molar refractivity (Wildman–Crippen MR) is 102 cm³/mol. The van der Waals surface area contributed by atoms with Gasteiger partial charge in [-0.3, -0.25) is 9.59 Å². The second-order valence-corrected chi connectivity index (χ2v) is 6.58. The summed E-state index contributed by atoms with van der Waals surface area (Å²) in [6.45, 7) is 0. The molecular weight excluding hydrogens is 417 g/mol. The first kappa shape index (κ1) is 17.2. The molecule has 134 valence electrons. The number of aromatic amines is 1. The van der Waals surface area contributed by atoms with Gasteiger partial charge in [0.05, 0.1) is 11.1 Å². The van der Waals surface area contributed by atoms with Gasteiger partial charge in [-0.2, -0.15) is 0 Å². The summed E-state index contributed by atoms with van der Waals surface area (Å²) in [6.07, 6.45) is 1.34. The van der Waals surface area contributed by atoms with E-state index in [4.69, 9.17) is 4.42 Å². The van der Waals surface area contributed by atoms with Crippen molar-refractivity contribution < 1.29 is 13.6 Å². The summed E-state index contributed by atoms with van der Waals surface area (Å²) in [5, 5.41) is 2.73. The predicted octanol–water partition coefficient (Wildman–Crippen LogP) is 4.34. The summed E-state index contributed by atoms with van der Waals surface area (Å²) >= 11 is 3.35. The van der Waals surface area contributed by atoms with Gasteiger partial charge >= 0.3 is 0 Å². The molecule has 0 bridgehead atoms. The Bertz CT molecular complexity index is 1210. The third-order valence-electron chi connectivity index (χ3n) is 3.85. The van der Waals surface area contributed by atoms with Crippen molar-refractivity contribution >= 4 is 38.6 Å². The van der Waals surface area contributed by atoms with Crippen molar-refractivity contribution in [2.75, 3.05) is 5.32 Å². The van der Waals surface area contributed by atoms with E-state index in [1.54, 1.807) is 24.3 Å². The SMILES string of the molecule is O=C(Nc1ccc2oc(-c3cc(F)ccc3Br)nc2c1)c1ccc(=O)[nH]c1. The summed E-state index contributed by atoms with van der Waals surface area (Å²) in [7, 11) is 0. The van der Waals surface area contributed by atoms with Crippen LogP contribution in [-0.2, 0) is 0 Å².